The number of furan rings is 1. The molecule has 1 aromatic heterocycles. The van der Waals surface area contributed by atoms with Crippen LogP contribution in [-0.2, 0) is 26.1 Å². The molecule has 32 heavy (non-hydrogen) atoms. The van der Waals surface area contributed by atoms with Crippen LogP contribution in [-0.4, -0.2) is 26.9 Å². The van der Waals surface area contributed by atoms with Gasteiger partial charge in [-0.3, -0.25) is 4.79 Å². The van der Waals surface area contributed by atoms with Crippen LogP contribution in [0.1, 0.15) is 21.7 Å². The molecule has 0 fully saturated rings. The Kier molecular flexibility index (Phi) is 7.29. The maximum Gasteiger partial charge on any atom is 0.338 e. The molecule has 2 N–H and O–H groups in total. The molecule has 3 rings (SSSR count). The molecule has 1 amide bonds. The SMILES string of the molecule is Cc1ccc(S(=O)(=O)NCc2ccco2)cc1C(=O)OCC(=O)Nc1ccc(F)cc1Cl. The van der Waals surface area contributed by atoms with E-state index in [4.69, 9.17) is 20.8 Å². The number of sulfonamides is 1. The maximum atomic E-state index is 13.1. The van der Waals surface area contributed by atoms with Crippen LogP contribution in [0.2, 0.25) is 5.02 Å². The van der Waals surface area contributed by atoms with Crippen molar-refractivity contribution in [3.05, 3.63) is 82.5 Å². The molecule has 0 aliphatic carbocycles. The number of aryl methyl sites for hydroxylation is 1. The van der Waals surface area contributed by atoms with Gasteiger partial charge in [0.25, 0.3) is 5.91 Å². The molecule has 2 aromatic carbocycles. The fraction of sp³-hybridized carbons (Fsp3) is 0.143. The van der Waals surface area contributed by atoms with Crippen molar-refractivity contribution in [2.75, 3.05) is 11.9 Å². The van der Waals surface area contributed by atoms with Gasteiger partial charge in [-0.15, -0.1) is 0 Å². The van der Waals surface area contributed by atoms with Crippen molar-refractivity contribution in [3.63, 3.8) is 0 Å². The summed E-state index contributed by atoms with van der Waals surface area (Å²) in [5, 5.41) is 2.38. The van der Waals surface area contributed by atoms with Gasteiger partial charge in [0.15, 0.2) is 6.61 Å². The van der Waals surface area contributed by atoms with Gasteiger partial charge in [-0.25, -0.2) is 22.3 Å². The average molecular weight is 481 g/mol. The molecular formula is C21H18ClFN2O6S. The van der Waals surface area contributed by atoms with Crippen LogP contribution < -0.4 is 10.0 Å². The summed E-state index contributed by atoms with van der Waals surface area (Å²) in [6, 6.07) is 10.6. The number of hydrogen-bond donors (Lipinski definition) is 2. The number of rotatable bonds is 8. The molecule has 0 aliphatic rings. The molecule has 0 saturated carbocycles. The fourth-order valence-corrected chi connectivity index (χ4v) is 3.87. The van der Waals surface area contributed by atoms with Crippen molar-refractivity contribution < 1.29 is 31.6 Å². The monoisotopic (exact) mass is 480 g/mol. The average Bonchev–Trinajstić information content (AvgIpc) is 3.27. The Balaban J connectivity index is 1.65. The molecule has 1 heterocycles. The summed E-state index contributed by atoms with van der Waals surface area (Å²) in [6.07, 6.45) is 1.42. The van der Waals surface area contributed by atoms with Gasteiger partial charge in [0.1, 0.15) is 11.6 Å². The highest BCUT2D eigenvalue weighted by molar-refractivity contribution is 7.89. The van der Waals surface area contributed by atoms with E-state index in [9.17, 15) is 22.4 Å². The van der Waals surface area contributed by atoms with E-state index in [0.717, 1.165) is 18.2 Å². The second-order valence-electron chi connectivity index (χ2n) is 6.63. The third-order valence-corrected chi connectivity index (χ3v) is 6.01. The molecule has 0 bridgehead atoms. The summed E-state index contributed by atoms with van der Waals surface area (Å²) in [4.78, 5) is 24.3. The molecule has 0 saturated heterocycles. The number of anilines is 1. The summed E-state index contributed by atoms with van der Waals surface area (Å²) < 4.78 is 50.6. The lowest BCUT2D eigenvalue weighted by atomic mass is 10.1. The normalized spacial score (nSPS) is 11.2. The lowest BCUT2D eigenvalue weighted by molar-refractivity contribution is -0.119. The van der Waals surface area contributed by atoms with Crippen LogP contribution in [0.25, 0.3) is 0 Å². The number of benzene rings is 2. The van der Waals surface area contributed by atoms with E-state index >= 15 is 0 Å². The Morgan fingerprint density at radius 2 is 1.94 bits per heavy atom. The van der Waals surface area contributed by atoms with Crippen molar-refractivity contribution in [2.45, 2.75) is 18.4 Å². The first-order valence-corrected chi connectivity index (χ1v) is 11.1. The van der Waals surface area contributed by atoms with Gasteiger partial charge in [-0.1, -0.05) is 17.7 Å². The summed E-state index contributed by atoms with van der Waals surface area (Å²) >= 11 is 5.84. The number of halogens is 2. The van der Waals surface area contributed by atoms with Crippen molar-refractivity contribution in [3.8, 4) is 0 Å². The smallest absolute Gasteiger partial charge is 0.338 e. The van der Waals surface area contributed by atoms with E-state index < -0.39 is 34.3 Å². The Bertz CT molecular complexity index is 1250. The maximum absolute atomic E-state index is 13.1. The second kappa shape index (κ2) is 9.94. The number of carbonyl (C=O) groups is 2. The van der Waals surface area contributed by atoms with E-state index in [-0.39, 0.29) is 27.7 Å². The number of ether oxygens (including phenoxy) is 1. The topological polar surface area (TPSA) is 115 Å². The van der Waals surface area contributed by atoms with E-state index in [0.29, 0.717) is 11.3 Å². The minimum absolute atomic E-state index is 0.0134. The zero-order valence-electron chi connectivity index (χ0n) is 16.7. The summed E-state index contributed by atoms with van der Waals surface area (Å²) in [7, 11) is -3.93. The van der Waals surface area contributed by atoms with E-state index in [1.165, 1.54) is 24.5 Å². The van der Waals surface area contributed by atoms with Gasteiger partial charge >= 0.3 is 5.97 Å². The number of hydrogen-bond acceptors (Lipinski definition) is 6. The van der Waals surface area contributed by atoms with Gasteiger partial charge in [-0.05, 0) is 55.0 Å². The van der Waals surface area contributed by atoms with Crippen molar-refractivity contribution in [2.24, 2.45) is 0 Å². The molecule has 0 unspecified atom stereocenters. The lowest BCUT2D eigenvalue weighted by Gasteiger charge is -2.11. The summed E-state index contributed by atoms with van der Waals surface area (Å²) in [6.45, 7) is 0.885. The standard InChI is InChI=1S/C21H18ClFN2O6S/c1-13-4-6-16(32(28,29)24-11-15-3-2-8-30-15)10-17(13)21(27)31-12-20(26)25-19-7-5-14(23)9-18(19)22/h2-10,24H,11-12H2,1H3,(H,25,26). The van der Waals surface area contributed by atoms with Crippen LogP contribution in [0, 0.1) is 12.7 Å². The van der Waals surface area contributed by atoms with Crippen LogP contribution in [0.15, 0.2) is 64.1 Å². The summed E-state index contributed by atoms with van der Waals surface area (Å²) in [5.74, 6) is -1.73. The van der Waals surface area contributed by atoms with E-state index in [2.05, 4.69) is 10.0 Å². The van der Waals surface area contributed by atoms with Crippen molar-refractivity contribution >= 4 is 39.2 Å². The van der Waals surface area contributed by atoms with E-state index in [1.807, 2.05) is 0 Å². The predicted molar refractivity (Wildman–Crippen MR) is 114 cm³/mol. The van der Waals surface area contributed by atoms with Gasteiger partial charge < -0.3 is 14.5 Å². The predicted octanol–water partition coefficient (Wildman–Crippen LogP) is 3.65. The molecule has 11 heteroatoms. The van der Waals surface area contributed by atoms with Crippen LogP contribution >= 0.6 is 11.6 Å². The first-order valence-electron chi connectivity index (χ1n) is 9.20. The molecule has 0 spiro atoms. The highest BCUT2D eigenvalue weighted by Gasteiger charge is 2.20. The lowest BCUT2D eigenvalue weighted by Crippen LogP contribution is -2.24. The van der Waals surface area contributed by atoms with Gasteiger partial charge in [0, 0.05) is 0 Å². The largest absolute Gasteiger partial charge is 0.468 e. The fourth-order valence-electron chi connectivity index (χ4n) is 2.64. The van der Waals surface area contributed by atoms with Crippen molar-refractivity contribution in [1.29, 1.82) is 0 Å². The number of nitrogens with one attached hydrogen (secondary N) is 2. The Morgan fingerprint density at radius 3 is 2.62 bits per heavy atom. The van der Waals surface area contributed by atoms with Crippen molar-refractivity contribution in [1.82, 2.24) is 4.72 Å². The molecular weight excluding hydrogens is 463 g/mol. The molecule has 168 valence electrons. The van der Waals surface area contributed by atoms with E-state index in [1.54, 1.807) is 19.1 Å². The van der Waals surface area contributed by atoms with Gasteiger partial charge in [0.2, 0.25) is 10.0 Å². The summed E-state index contributed by atoms with van der Waals surface area (Å²) in [5.41, 5.74) is 0.599. The Labute approximate surface area is 188 Å². The zero-order valence-corrected chi connectivity index (χ0v) is 18.3. The Hall–Kier alpha value is -3.21. The minimum Gasteiger partial charge on any atom is -0.468 e. The first kappa shape index (κ1) is 23.5. The third kappa shape index (κ3) is 5.94. The molecule has 3 aromatic rings. The van der Waals surface area contributed by atoms with Crippen LogP contribution in [0.4, 0.5) is 10.1 Å². The highest BCUT2D eigenvalue weighted by Crippen LogP contribution is 2.22. The number of amides is 1. The highest BCUT2D eigenvalue weighted by atomic mass is 35.5. The van der Waals surface area contributed by atoms with Gasteiger partial charge in [0.05, 0.1) is 34.0 Å². The first-order chi connectivity index (χ1) is 15.2. The zero-order chi connectivity index (χ0) is 23.3. The quantitative estimate of drug-likeness (QED) is 0.475. The third-order valence-electron chi connectivity index (χ3n) is 4.30. The minimum atomic E-state index is -3.93. The molecule has 0 radical (unpaired) electrons. The van der Waals surface area contributed by atoms with Crippen LogP contribution in [0.5, 0.6) is 0 Å². The second-order valence-corrected chi connectivity index (χ2v) is 8.80. The molecule has 0 atom stereocenters. The molecule has 8 nitrogen and oxygen atoms in total. The number of esters is 1. The van der Waals surface area contributed by atoms with Crippen LogP contribution in [0.3, 0.4) is 0 Å². The number of carbonyl (C=O) groups excluding carboxylic acids is 2. The Morgan fingerprint density at radius 1 is 1.16 bits per heavy atom. The van der Waals surface area contributed by atoms with Gasteiger partial charge in [-0.2, -0.15) is 0 Å². The molecule has 0 aliphatic heterocycles.